The number of hydrogen-bond acceptors (Lipinski definition) is 7. The Balaban J connectivity index is 1.50. The van der Waals surface area contributed by atoms with E-state index >= 15 is 0 Å². The number of nitrogens with zero attached hydrogens (tertiary/aromatic N) is 2. The topological polar surface area (TPSA) is 83.6 Å². The smallest absolute Gasteiger partial charge is 0.296 e. The van der Waals surface area contributed by atoms with Crippen LogP contribution in [0.4, 0.5) is 13.9 Å². The van der Waals surface area contributed by atoms with Crippen molar-refractivity contribution in [2.75, 3.05) is 4.90 Å². The number of fused-ring (bicyclic) bond motifs is 2. The number of aliphatic hydroxyl groups excluding tert-OH is 1. The second kappa shape index (κ2) is 7.57. The lowest BCUT2D eigenvalue weighted by Gasteiger charge is -2.22. The number of anilines is 1. The van der Waals surface area contributed by atoms with Gasteiger partial charge in [-0.15, -0.1) is 11.3 Å². The van der Waals surface area contributed by atoms with Crippen LogP contribution in [0.5, 0.6) is 0 Å². The first kappa shape index (κ1) is 20.7. The number of thiazole rings is 1. The second-order valence-electron chi connectivity index (χ2n) is 7.56. The number of thiophene rings is 1. The molecule has 1 N–H and O–H groups in total. The molecule has 5 aromatic rings. The summed E-state index contributed by atoms with van der Waals surface area (Å²) in [7, 11) is 0. The Hall–Kier alpha value is -3.89. The number of Topliss-reactive ketones (excluding diaryl/α,β-unsaturated/α-hetero) is 1. The minimum Gasteiger partial charge on any atom is -0.503 e. The maximum absolute atomic E-state index is 14.3. The highest BCUT2D eigenvalue weighted by Crippen LogP contribution is 2.45. The Morgan fingerprint density at radius 1 is 1.12 bits per heavy atom. The van der Waals surface area contributed by atoms with E-state index in [1.165, 1.54) is 11.3 Å². The molecule has 1 amide bonds. The van der Waals surface area contributed by atoms with Crippen LogP contribution < -0.4 is 4.90 Å². The van der Waals surface area contributed by atoms with Crippen molar-refractivity contribution >= 4 is 60.7 Å². The molecule has 4 heterocycles. The molecule has 1 aliphatic rings. The number of furan rings is 1. The number of hydrogen-bond donors (Lipinski definition) is 1. The van der Waals surface area contributed by atoms with Crippen molar-refractivity contribution in [2.45, 2.75) is 6.04 Å². The molecule has 0 spiro atoms. The lowest BCUT2D eigenvalue weighted by Crippen LogP contribution is -2.30. The van der Waals surface area contributed by atoms with Gasteiger partial charge >= 0.3 is 0 Å². The number of carbonyl (C=O) groups excluding carboxylic acids is 2. The number of ketones is 1. The van der Waals surface area contributed by atoms with Gasteiger partial charge < -0.3 is 9.52 Å². The summed E-state index contributed by atoms with van der Waals surface area (Å²) in [5.74, 6) is -3.93. The molecule has 3 aromatic heterocycles. The van der Waals surface area contributed by atoms with Gasteiger partial charge in [-0.1, -0.05) is 35.6 Å². The maximum atomic E-state index is 14.3. The molecular formula is C24H12F2N2O4S2. The Bertz CT molecular complexity index is 1620. The number of aliphatic hydroxyl groups is 1. The number of halogens is 2. The van der Waals surface area contributed by atoms with Crippen molar-refractivity contribution < 1.29 is 27.9 Å². The molecule has 168 valence electrons. The summed E-state index contributed by atoms with van der Waals surface area (Å²) in [6.07, 6.45) is 0. The van der Waals surface area contributed by atoms with Crippen LogP contribution in [0.1, 0.15) is 21.5 Å². The molecule has 0 aliphatic carbocycles. The monoisotopic (exact) mass is 494 g/mol. The van der Waals surface area contributed by atoms with Crippen molar-refractivity contribution in [2.24, 2.45) is 0 Å². The SMILES string of the molecule is O=C(C1=C(O)C(=O)N(c2nc3c(F)cc(F)cc3s2)C1c1cccs1)c1cc2ccccc2o1. The predicted molar refractivity (Wildman–Crippen MR) is 124 cm³/mol. The van der Waals surface area contributed by atoms with Crippen LogP contribution >= 0.6 is 22.7 Å². The van der Waals surface area contributed by atoms with Gasteiger partial charge in [0.05, 0.1) is 10.3 Å². The zero-order valence-corrected chi connectivity index (χ0v) is 18.6. The zero-order chi connectivity index (χ0) is 23.6. The molecule has 1 atom stereocenters. The zero-order valence-electron chi connectivity index (χ0n) is 17.0. The molecule has 0 saturated carbocycles. The summed E-state index contributed by atoms with van der Waals surface area (Å²) >= 11 is 2.17. The van der Waals surface area contributed by atoms with Gasteiger partial charge in [-0.3, -0.25) is 14.5 Å². The molecule has 10 heteroatoms. The lowest BCUT2D eigenvalue weighted by molar-refractivity contribution is -0.117. The third-order valence-corrected chi connectivity index (χ3v) is 7.45. The van der Waals surface area contributed by atoms with E-state index in [0.717, 1.165) is 22.3 Å². The first-order chi connectivity index (χ1) is 16.4. The average Bonchev–Trinajstić information content (AvgIpc) is 3.59. The summed E-state index contributed by atoms with van der Waals surface area (Å²) in [6.45, 7) is 0. The summed E-state index contributed by atoms with van der Waals surface area (Å²) in [6, 6.07) is 12.9. The van der Waals surface area contributed by atoms with Gasteiger partial charge in [0.2, 0.25) is 5.78 Å². The van der Waals surface area contributed by atoms with Crippen LogP contribution in [-0.2, 0) is 4.79 Å². The molecular weight excluding hydrogens is 482 g/mol. The lowest BCUT2D eigenvalue weighted by atomic mass is 10.0. The number of para-hydroxylation sites is 1. The van der Waals surface area contributed by atoms with Gasteiger partial charge in [-0.2, -0.15) is 0 Å². The molecule has 1 aliphatic heterocycles. The third-order valence-electron chi connectivity index (χ3n) is 5.52. The predicted octanol–water partition coefficient (Wildman–Crippen LogP) is 6.17. The van der Waals surface area contributed by atoms with Gasteiger partial charge in [0.15, 0.2) is 22.5 Å². The summed E-state index contributed by atoms with van der Waals surface area (Å²) < 4.78 is 33.9. The fourth-order valence-electron chi connectivity index (χ4n) is 4.03. The number of amides is 1. The molecule has 6 nitrogen and oxygen atoms in total. The standard InChI is InChI=1S/C24H12F2N2O4S2/c25-12-9-13(26)19-17(10-12)34-24(27-19)28-20(16-6-3-7-33-16)18(22(30)23(28)31)21(29)15-8-11-4-1-2-5-14(11)32-15/h1-10,20,30H. The van der Waals surface area contributed by atoms with Crippen molar-refractivity contribution in [1.29, 1.82) is 0 Å². The molecule has 0 fully saturated rings. The second-order valence-corrected chi connectivity index (χ2v) is 9.55. The van der Waals surface area contributed by atoms with E-state index in [-0.39, 0.29) is 26.7 Å². The molecule has 2 aromatic carbocycles. The Labute approximate surface area is 198 Å². The van der Waals surface area contributed by atoms with E-state index in [9.17, 15) is 23.5 Å². The fraction of sp³-hybridized carbons (Fsp3) is 0.0417. The Kier molecular flexibility index (Phi) is 4.61. The molecule has 34 heavy (non-hydrogen) atoms. The van der Waals surface area contributed by atoms with Crippen LogP contribution in [0, 0.1) is 11.6 Å². The highest BCUT2D eigenvalue weighted by molar-refractivity contribution is 7.22. The normalized spacial score (nSPS) is 16.4. The van der Waals surface area contributed by atoms with E-state index in [2.05, 4.69) is 4.98 Å². The molecule has 0 radical (unpaired) electrons. The minimum atomic E-state index is -1.01. The van der Waals surface area contributed by atoms with Crippen LogP contribution in [0.3, 0.4) is 0 Å². The number of carbonyl (C=O) groups is 2. The fourth-order valence-corrected chi connectivity index (χ4v) is 5.88. The maximum Gasteiger partial charge on any atom is 0.296 e. The number of aromatic nitrogens is 1. The summed E-state index contributed by atoms with van der Waals surface area (Å²) in [4.78, 5) is 32.6. The average molecular weight is 495 g/mol. The first-order valence-corrected chi connectivity index (χ1v) is 11.7. The summed E-state index contributed by atoms with van der Waals surface area (Å²) in [5, 5.41) is 13.3. The molecule has 0 saturated heterocycles. The van der Waals surface area contributed by atoms with Gasteiger partial charge in [0, 0.05) is 16.3 Å². The van der Waals surface area contributed by atoms with Gasteiger partial charge in [-0.25, -0.2) is 13.8 Å². The van der Waals surface area contributed by atoms with Gasteiger partial charge in [-0.05, 0) is 29.6 Å². The quantitative estimate of drug-likeness (QED) is 0.302. The third kappa shape index (κ3) is 3.06. The Morgan fingerprint density at radius 3 is 2.71 bits per heavy atom. The summed E-state index contributed by atoms with van der Waals surface area (Å²) in [5.41, 5.74) is 0.219. The van der Waals surface area contributed by atoms with Crippen molar-refractivity contribution in [1.82, 2.24) is 4.98 Å². The van der Waals surface area contributed by atoms with Crippen LogP contribution in [-0.4, -0.2) is 21.8 Å². The Morgan fingerprint density at radius 2 is 1.94 bits per heavy atom. The molecule has 1 unspecified atom stereocenters. The first-order valence-electron chi connectivity index (χ1n) is 10.0. The van der Waals surface area contributed by atoms with Crippen molar-refractivity contribution in [3.63, 3.8) is 0 Å². The minimum absolute atomic E-state index is 0.0295. The van der Waals surface area contributed by atoms with Gasteiger partial charge in [0.1, 0.15) is 23.0 Å². The van der Waals surface area contributed by atoms with E-state index in [1.54, 1.807) is 47.8 Å². The van der Waals surface area contributed by atoms with Gasteiger partial charge in [0.25, 0.3) is 5.91 Å². The molecule has 0 bridgehead atoms. The highest BCUT2D eigenvalue weighted by Gasteiger charge is 2.47. The van der Waals surface area contributed by atoms with Crippen LogP contribution in [0.15, 0.2) is 75.7 Å². The molecule has 6 rings (SSSR count). The van der Waals surface area contributed by atoms with E-state index in [1.807, 2.05) is 0 Å². The highest BCUT2D eigenvalue weighted by atomic mass is 32.1. The number of benzene rings is 2. The van der Waals surface area contributed by atoms with E-state index in [4.69, 9.17) is 4.42 Å². The largest absolute Gasteiger partial charge is 0.503 e. The van der Waals surface area contributed by atoms with Crippen LogP contribution in [0.2, 0.25) is 0 Å². The van der Waals surface area contributed by atoms with Crippen molar-refractivity contribution in [3.05, 3.63) is 93.6 Å². The van der Waals surface area contributed by atoms with Crippen LogP contribution in [0.25, 0.3) is 21.2 Å². The van der Waals surface area contributed by atoms with Crippen molar-refractivity contribution in [3.8, 4) is 0 Å². The van der Waals surface area contributed by atoms with E-state index < -0.39 is 35.1 Å². The van der Waals surface area contributed by atoms with E-state index in [0.29, 0.717) is 21.9 Å². The number of rotatable bonds is 4.